The molecule has 0 saturated heterocycles. The largest absolute Gasteiger partial charge is 0.477 e. The minimum Gasteiger partial charge on any atom is -0.477 e. The van der Waals surface area contributed by atoms with Crippen LogP contribution >= 0.6 is 0 Å². The molecule has 1 aliphatic rings. The quantitative estimate of drug-likeness (QED) is 0.454. The number of rotatable bonds is 7. The number of hydrogen-bond donors (Lipinski definition) is 2. The Morgan fingerprint density at radius 3 is 2.81 bits per heavy atom. The minimum absolute atomic E-state index is 0.340. The molecule has 0 unspecified atom stereocenters. The van der Waals surface area contributed by atoms with Gasteiger partial charge >= 0.3 is 11.7 Å². The standard InChI is InChI=1S/C14H19N3O4/c18-14(19)11-8-13(16-9-12(11)17(20)21)15-7-3-6-10-4-1-2-5-10/h8-10H,1-7H2,(H,15,16)(H,18,19). The number of hydrogen-bond acceptors (Lipinski definition) is 5. The fourth-order valence-electron chi connectivity index (χ4n) is 2.77. The van der Waals surface area contributed by atoms with Gasteiger partial charge in [-0.3, -0.25) is 10.1 Å². The summed E-state index contributed by atoms with van der Waals surface area (Å²) in [5.74, 6) is -0.145. The van der Waals surface area contributed by atoms with Crippen molar-refractivity contribution in [3.63, 3.8) is 0 Å². The zero-order valence-electron chi connectivity index (χ0n) is 11.7. The van der Waals surface area contributed by atoms with Crippen LogP contribution in [-0.4, -0.2) is 27.5 Å². The van der Waals surface area contributed by atoms with Gasteiger partial charge in [-0.15, -0.1) is 0 Å². The lowest BCUT2D eigenvalue weighted by molar-refractivity contribution is -0.385. The molecule has 1 fully saturated rings. The highest BCUT2D eigenvalue weighted by Gasteiger charge is 2.21. The fourth-order valence-corrected chi connectivity index (χ4v) is 2.77. The Bertz CT molecular complexity index is 527. The van der Waals surface area contributed by atoms with Gasteiger partial charge in [0.15, 0.2) is 0 Å². The number of aromatic nitrogens is 1. The normalized spacial score (nSPS) is 15.0. The third-order valence-electron chi connectivity index (χ3n) is 3.88. The highest BCUT2D eigenvalue weighted by Crippen LogP contribution is 2.28. The number of aromatic carboxylic acids is 1. The zero-order valence-corrected chi connectivity index (χ0v) is 11.7. The van der Waals surface area contributed by atoms with Crippen molar-refractivity contribution in [2.24, 2.45) is 5.92 Å². The SMILES string of the molecule is O=C(O)c1cc(NCCCC2CCCC2)ncc1[N+](=O)[O-]. The van der Waals surface area contributed by atoms with Crippen molar-refractivity contribution in [2.75, 3.05) is 11.9 Å². The number of anilines is 1. The van der Waals surface area contributed by atoms with Gasteiger partial charge in [0, 0.05) is 12.6 Å². The Morgan fingerprint density at radius 1 is 1.48 bits per heavy atom. The maximum Gasteiger partial charge on any atom is 0.342 e. The van der Waals surface area contributed by atoms with Gasteiger partial charge in [-0.2, -0.15) is 0 Å². The first kappa shape index (κ1) is 15.2. The van der Waals surface area contributed by atoms with Crippen molar-refractivity contribution in [3.05, 3.63) is 27.9 Å². The van der Waals surface area contributed by atoms with Crippen LogP contribution in [0.4, 0.5) is 11.5 Å². The van der Waals surface area contributed by atoms with Crippen molar-refractivity contribution in [3.8, 4) is 0 Å². The van der Waals surface area contributed by atoms with Gasteiger partial charge in [-0.1, -0.05) is 25.7 Å². The summed E-state index contributed by atoms with van der Waals surface area (Å²) >= 11 is 0. The molecule has 0 aromatic carbocycles. The monoisotopic (exact) mass is 293 g/mol. The summed E-state index contributed by atoms with van der Waals surface area (Å²) in [7, 11) is 0. The molecule has 1 aromatic heterocycles. The summed E-state index contributed by atoms with van der Waals surface area (Å²) in [6.07, 6.45) is 8.39. The fraction of sp³-hybridized carbons (Fsp3) is 0.571. The number of carboxylic acid groups (broad SMARTS) is 1. The minimum atomic E-state index is -1.32. The van der Waals surface area contributed by atoms with Gasteiger partial charge in [0.25, 0.3) is 0 Å². The molecule has 2 N–H and O–H groups in total. The van der Waals surface area contributed by atoms with Gasteiger partial charge in [0.05, 0.1) is 4.92 Å². The van der Waals surface area contributed by atoms with Gasteiger partial charge in [0.2, 0.25) is 0 Å². The predicted molar refractivity (Wildman–Crippen MR) is 77.5 cm³/mol. The van der Waals surface area contributed by atoms with Crippen molar-refractivity contribution >= 4 is 17.5 Å². The second-order valence-corrected chi connectivity index (χ2v) is 5.37. The van der Waals surface area contributed by atoms with Crippen LogP contribution in [0, 0.1) is 16.0 Å². The van der Waals surface area contributed by atoms with Crippen LogP contribution < -0.4 is 5.32 Å². The van der Waals surface area contributed by atoms with Crippen molar-refractivity contribution in [1.29, 1.82) is 0 Å². The van der Waals surface area contributed by atoms with Crippen LogP contribution in [0.1, 0.15) is 48.9 Å². The second-order valence-electron chi connectivity index (χ2n) is 5.37. The smallest absolute Gasteiger partial charge is 0.342 e. The molecule has 2 rings (SSSR count). The summed E-state index contributed by atoms with van der Waals surface area (Å²) in [5, 5.41) is 22.8. The molecule has 21 heavy (non-hydrogen) atoms. The maximum atomic E-state index is 11.0. The molecule has 0 amide bonds. The predicted octanol–water partition coefficient (Wildman–Crippen LogP) is 3.07. The third-order valence-corrected chi connectivity index (χ3v) is 3.88. The summed E-state index contributed by atoms with van der Waals surface area (Å²) in [4.78, 5) is 24.9. The van der Waals surface area contributed by atoms with Crippen LogP contribution in [0.5, 0.6) is 0 Å². The summed E-state index contributed by atoms with van der Waals surface area (Å²) in [6.45, 7) is 0.695. The molecule has 7 nitrogen and oxygen atoms in total. The Balaban J connectivity index is 1.89. The van der Waals surface area contributed by atoms with E-state index in [0.717, 1.165) is 25.0 Å². The van der Waals surface area contributed by atoms with Crippen LogP contribution in [0.25, 0.3) is 0 Å². The number of carbonyl (C=O) groups is 1. The van der Waals surface area contributed by atoms with Crippen LogP contribution in [-0.2, 0) is 0 Å². The van der Waals surface area contributed by atoms with Crippen LogP contribution in [0.15, 0.2) is 12.3 Å². The first-order valence-corrected chi connectivity index (χ1v) is 7.19. The molecule has 1 saturated carbocycles. The van der Waals surface area contributed by atoms with Crippen molar-refractivity contribution in [1.82, 2.24) is 4.98 Å². The molecule has 0 radical (unpaired) electrons. The molecular weight excluding hydrogens is 274 g/mol. The number of nitrogens with one attached hydrogen (secondary N) is 1. The van der Waals surface area contributed by atoms with E-state index in [1.54, 1.807) is 0 Å². The van der Waals surface area contributed by atoms with Crippen LogP contribution in [0.3, 0.4) is 0 Å². The topological polar surface area (TPSA) is 105 Å². The van der Waals surface area contributed by atoms with Gasteiger partial charge in [0.1, 0.15) is 17.6 Å². The molecule has 0 bridgehead atoms. The Labute approximate surface area is 122 Å². The van der Waals surface area contributed by atoms with E-state index in [-0.39, 0.29) is 5.56 Å². The Hall–Kier alpha value is -2.18. The van der Waals surface area contributed by atoms with E-state index in [4.69, 9.17) is 5.11 Å². The number of carboxylic acids is 1. The molecule has 0 aliphatic heterocycles. The lowest BCUT2D eigenvalue weighted by Gasteiger charge is -2.10. The number of pyridine rings is 1. The van der Waals surface area contributed by atoms with E-state index in [1.807, 2.05) is 0 Å². The molecule has 1 aliphatic carbocycles. The molecular formula is C14H19N3O4. The summed E-state index contributed by atoms with van der Waals surface area (Å²) < 4.78 is 0. The average Bonchev–Trinajstić information content (AvgIpc) is 2.96. The van der Waals surface area contributed by atoms with E-state index in [1.165, 1.54) is 31.7 Å². The molecule has 7 heteroatoms. The summed E-state index contributed by atoms with van der Waals surface area (Å²) in [5.41, 5.74) is -0.827. The van der Waals surface area contributed by atoms with E-state index >= 15 is 0 Å². The van der Waals surface area contributed by atoms with E-state index in [0.29, 0.717) is 12.4 Å². The molecule has 1 heterocycles. The first-order valence-electron chi connectivity index (χ1n) is 7.19. The van der Waals surface area contributed by atoms with E-state index < -0.39 is 16.6 Å². The van der Waals surface area contributed by atoms with Crippen molar-refractivity contribution < 1.29 is 14.8 Å². The highest BCUT2D eigenvalue weighted by atomic mass is 16.6. The molecule has 1 aromatic rings. The van der Waals surface area contributed by atoms with Crippen molar-refractivity contribution in [2.45, 2.75) is 38.5 Å². The lowest BCUT2D eigenvalue weighted by Crippen LogP contribution is -2.09. The summed E-state index contributed by atoms with van der Waals surface area (Å²) in [6, 6.07) is 1.22. The van der Waals surface area contributed by atoms with Gasteiger partial charge < -0.3 is 10.4 Å². The Kier molecular flexibility index (Phi) is 5.08. The van der Waals surface area contributed by atoms with Gasteiger partial charge in [-0.25, -0.2) is 9.78 Å². The Morgan fingerprint density at radius 2 is 2.19 bits per heavy atom. The number of nitro groups is 1. The van der Waals surface area contributed by atoms with E-state index in [2.05, 4.69) is 10.3 Å². The molecule has 114 valence electrons. The first-order chi connectivity index (χ1) is 10.1. The molecule has 0 atom stereocenters. The average molecular weight is 293 g/mol. The van der Waals surface area contributed by atoms with Crippen LogP contribution in [0.2, 0.25) is 0 Å². The second kappa shape index (κ2) is 7.01. The lowest BCUT2D eigenvalue weighted by atomic mass is 10.0. The third kappa shape index (κ3) is 4.14. The number of nitrogens with zero attached hydrogens (tertiary/aromatic N) is 2. The van der Waals surface area contributed by atoms with E-state index in [9.17, 15) is 14.9 Å². The molecule has 0 spiro atoms. The zero-order chi connectivity index (χ0) is 15.2. The van der Waals surface area contributed by atoms with Gasteiger partial charge in [-0.05, 0) is 18.8 Å². The highest BCUT2D eigenvalue weighted by molar-refractivity contribution is 5.93. The maximum absolute atomic E-state index is 11.0.